The standard InChI is InChI=1S/C22H21N5O3S/c1-2-16-17(8-23)21(27-10-14(11-27)12-30-13-28)26-22(18(16)9-24)31-19(20(25)29)15-6-4-3-5-7-15/h3-7,13-14,19H,2,10-12H2,1H3,(H2,25,29). The molecule has 2 N–H and O–H groups in total. The van der Waals surface area contributed by atoms with Crippen molar-refractivity contribution >= 4 is 30.0 Å². The first-order chi connectivity index (χ1) is 15.0. The zero-order valence-electron chi connectivity index (χ0n) is 16.9. The van der Waals surface area contributed by atoms with Crippen LogP contribution in [-0.2, 0) is 20.7 Å². The summed E-state index contributed by atoms with van der Waals surface area (Å²) in [6, 6.07) is 13.4. The quantitative estimate of drug-likeness (QED) is 0.469. The van der Waals surface area contributed by atoms with E-state index in [1.165, 1.54) is 0 Å². The van der Waals surface area contributed by atoms with Crippen LogP contribution in [0.4, 0.5) is 5.82 Å². The Hall–Kier alpha value is -3.56. The molecule has 0 bridgehead atoms. The Kier molecular flexibility index (Phi) is 7.11. The summed E-state index contributed by atoms with van der Waals surface area (Å²) < 4.78 is 4.82. The van der Waals surface area contributed by atoms with Crippen molar-refractivity contribution in [2.75, 3.05) is 24.6 Å². The number of thioether (sulfide) groups is 1. The van der Waals surface area contributed by atoms with Gasteiger partial charge in [0.1, 0.15) is 28.2 Å². The van der Waals surface area contributed by atoms with Crippen molar-refractivity contribution in [2.45, 2.75) is 23.6 Å². The molecule has 0 radical (unpaired) electrons. The molecule has 1 aliphatic heterocycles. The molecule has 9 heteroatoms. The lowest BCUT2D eigenvalue weighted by Crippen LogP contribution is -2.49. The lowest BCUT2D eigenvalue weighted by atomic mass is 9.97. The Balaban J connectivity index is 2.02. The summed E-state index contributed by atoms with van der Waals surface area (Å²) in [4.78, 5) is 29.2. The second kappa shape index (κ2) is 9.96. The van der Waals surface area contributed by atoms with E-state index < -0.39 is 11.2 Å². The van der Waals surface area contributed by atoms with Gasteiger partial charge in [-0.3, -0.25) is 9.59 Å². The number of hydrogen-bond donors (Lipinski definition) is 1. The molecule has 1 aromatic carbocycles. The molecule has 2 heterocycles. The molecule has 0 saturated carbocycles. The van der Waals surface area contributed by atoms with Gasteiger partial charge in [-0.2, -0.15) is 10.5 Å². The first-order valence-corrected chi connectivity index (χ1v) is 10.6. The minimum atomic E-state index is -0.726. The molecule has 0 spiro atoms. The van der Waals surface area contributed by atoms with Crippen LogP contribution in [0.5, 0.6) is 0 Å². The number of hydrogen-bond acceptors (Lipinski definition) is 8. The number of amides is 1. The first-order valence-electron chi connectivity index (χ1n) is 9.72. The zero-order chi connectivity index (χ0) is 22.4. The highest BCUT2D eigenvalue weighted by Gasteiger charge is 2.33. The van der Waals surface area contributed by atoms with Crippen LogP contribution < -0.4 is 10.6 Å². The molecule has 158 valence electrons. The predicted molar refractivity (Wildman–Crippen MR) is 115 cm³/mol. The Morgan fingerprint density at radius 2 is 2.00 bits per heavy atom. The molecule has 2 aromatic rings. The number of carbonyl (C=O) groups excluding carboxylic acids is 2. The molecular weight excluding hydrogens is 414 g/mol. The van der Waals surface area contributed by atoms with Crippen molar-refractivity contribution in [1.29, 1.82) is 10.5 Å². The molecule has 3 rings (SSSR count). The van der Waals surface area contributed by atoms with Crippen LogP contribution in [-0.4, -0.2) is 37.1 Å². The van der Waals surface area contributed by atoms with E-state index in [0.717, 1.165) is 11.8 Å². The molecule has 1 fully saturated rings. The van der Waals surface area contributed by atoms with E-state index in [9.17, 15) is 20.1 Å². The number of ether oxygens (including phenoxy) is 1. The van der Waals surface area contributed by atoms with E-state index in [2.05, 4.69) is 17.1 Å². The van der Waals surface area contributed by atoms with Crippen molar-refractivity contribution in [3.8, 4) is 12.1 Å². The zero-order valence-corrected chi connectivity index (χ0v) is 17.8. The highest BCUT2D eigenvalue weighted by molar-refractivity contribution is 8.00. The minimum Gasteiger partial charge on any atom is -0.467 e. The number of benzene rings is 1. The minimum absolute atomic E-state index is 0.151. The fourth-order valence-corrected chi connectivity index (χ4v) is 4.61. The van der Waals surface area contributed by atoms with E-state index in [-0.39, 0.29) is 11.5 Å². The lowest BCUT2D eigenvalue weighted by molar-refractivity contribution is -0.130. The Morgan fingerprint density at radius 1 is 1.32 bits per heavy atom. The average Bonchev–Trinajstić information content (AvgIpc) is 2.75. The highest BCUT2D eigenvalue weighted by Crippen LogP contribution is 2.40. The van der Waals surface area contributed by atoms with Crippen LogP contribution in [0.15, 0.2) is 35.4 Å². The van der Waals surface area contributed by atoms with E-state index in [4.69, 9.17) is 10.5 Å². The molecule has 1 saturated heterocycles. The van der Waals surface area contributed by atoms with E-state index in [1.54, 1.807) is 12.1 Å². The molecule has 8 nitrogen and oxygen atoms in total. The maximum Gasteiger partial charge on any atom is 0.293 e. The van der Waals surface area contributed by atoms with Gasteiger partial charge in [0.15, 0.2) is 0 Å². The highest BCUT2D eigenvalue weighted by atomic mass is 32.2. The monoisotopic (exact) mass is 435 g/mol. The topological polar surface area (TPSA) is 133 Å². The summed E-state index contributed by atoms with van der Waals surface area (Å²) in [5, 5.41) is 19.3. The van der Waals surface area contributed by atoms with Crippen LogP contribution in [0.3, 0.4) is 0 Å². The third kappa shape index (κ3) is 4.62. The maximum absolute atomic E-state index is 12.2. The molecule has 0 aliphatic carbocycles. The summed E-state index contributed by atoms with van der Waals surface area (Å²) in [6.45, 7) is 3.74. The summed E-state index contributed by atoms with van der Waals surface area (Å²) in [5.74, 6) is 0.0819. The second-order valence-corrected chi connectivity index (χ2v) is 8.15. The van der Waals surface area contributed by atoms with Gasteiger partial charge < -0.3 is 15.4 Å². The molecular formula is C22H21N5O3S. The van der Waals surface area contributed by atoms with Gasteiger partial charge >= 0.3 is 0 Å². The average molecular weight is 436 g/mol. The van der Waals surface area contributed by atoms with Gasteiger partial charge in [0, 0.05) is 19.0 Å². The van der Waals surface area contributed by atoms with Crippen LogP contribution in [0.1, 0.15) is 34.4 Å². The number of nitrogens with two attached hydrogens (primary N) is 1. The third-order valence-corrected chi connectivity index (χ3v) is 6.33. The van der Waals surface area contributed by atoms with Gasteiger partial charge in [-0.25, -0.2) is 4.98 Å². The number of nitriles is 2. The Morgan fingerprint density at radius 3 is 2.55 bits per heavy atom. The SMILES string of the molecule is CCc1c(C#N)c(SC(C(N)=O)c2ccccc2)nc(N2CC(COC=O)C2)c1C#N. The van der Waals surface area contributed by atoms with Crippen molar-refractivity contribution in [1.82, 2.24) is 4.98 Å². The fourth-order valence-electron chi connectivity index (χ4n) is 3.55. The second-order valence-electron chi connectivity index (χ2n) is 7.06. The molecule has 31 heavy (non-hydrogen) atoms. The van der Waals surface area contributed by atoms with Crippen LogP contribution >= 0.6 is 11.8 Å². The number of anilines is 1. The first kappa shape index (κ1) is 22.1. The van der Waals surface area contributed by atoms with Crippen molar-refractivity contribution in [2.24, 2.45) is 11.7 Å². The number of aromatic nitrogens is 1. The molecule has 1 unspecified atom stereocenters. The van der Waals surface area contributed by atoms with Gasteiger partial charge in [-0.1, -0.05) is 49.0 Å². The van der Waals surface area contributed by atoms with Crippen molar-refractivity contribution in [3.63, 3.8) is 0 Å². The smallest absolute Gasteiger partial charge is 0.293 e. The molecule has 1 aromatic heterocycles. The van der Waals surface area contributed by atoms with Crippen molar-refractivity contribution in [3.05, 3.63) is 52.6 Å². The molecule has 1 atom stereocenters. The largest absolute Gasteiger partial charge is 0.467 e. The van der Waals surface area contributed by atoms with Gasteiger partial charge in [0.25, 0.3) is 6.47 Å². The normalized spacial score (nSPS) is 14.1. The fraction of sp³-hybridized carbons (Fsp3) is 0.318. The van der Waals surface area contributed by atoms with E-state index >= 15 is 0 Å². The summed E-state index contributed by atoms with van der Waals surface area (Å²) in [5.41, 5.74) is 7.61. The number of carbonyl (C=O) groups is 2. The number of primary amides is 1. The van der Waals surface area contributed by atoms with Gasteiger partial charge in [0.2, 0.25) is 5.91 Å². The Bertz CT molecular complexity index is 1060. The Labute approximate surface area is 184 Å². The summed E-state index contributed by atoms with van der Waals surface area (Å²) >= 11 is 1.12. The van der Waals surface area contributed by atoms with E-state index in [0.29, 0.717) is 60.1 Å². The van der Waals surface area contributed by atoms with Gasteiger partial charge in [-0.15, -0.1) is 0 Å². The van der Waals surface area contributed by atoms with Gasteiger partial charge in [0.05, 0.1) is 17.7 Å². The van der Waals surface area contributed by atoms with Gasteiger partial charge in [-0.05, 0) is 17.5 Å². The van der Waals surface area contributed by atoms with Crippen LogP contribution in [0, 0.1) is 28.6 Å². The van der Waals surface area contributed by atoms with Crippen molar-refractivity contribution < 1.29 is 14.3 Å². The number of nitrogens with zero attached hydrogens (tertiary/aromatic N) is 4. The molecule has 1 aliphatic rings. The maximum atomic E-state index is 12.2. The van der Waals surface area contributed by atoms with Crippen LogP contribution in [0.25, 0.3) is 0 Å². The summed E-state index contributed by atoms with van der Waals surface area (Å²) in [6.07, 6.45) is 0.465. The molecule has 1 amide bonds. The lowest BCUT2D eigenvalue weighted by Gasteiger charge is -2.40. The number of pyridine rings is 1. The number of rotatable bonds is 9. The van der Waals surface area contributed by atoms with Crippen LogP contribution in [0.2, 0.25) is 0 Å². The predicted octanol–water partition coefficient (Wildman–Crippen LogP) is 2.32. The van der Waals surface area contributed by atoms with E-state index in [1.807, 2.05) is 30.0 Å². The summed E-state index contributed by atoms with van der Waals surface area (Å²) in [7, 11) is 0. The third-order valence-electron chi connectivity index (χ3n) is 5.07.